The summed E-state index contributed by atoms with van der Waals surface area (Å²) in [6, 6.07) is 13.2. The summed E-state index contributed by atoms with van der Waals surface area (Å²) >= 11 is 0. The summed E-state index contributed by atoms with van der Waals surface area (Å²) in [6.45, 7) is -0.486. The molecule has 1 unspecified atom stereocenters. The van der Waals surface area contributed by atoms with Crippen LogP contribution in [-0.2, 0) is 10.3 Å². The van der Waals surface area contributed by atoms with Crippen molar-refractivity contribution < 1.29 is 74.2 Å². The summed E-state index contributed by atoms with van der Waals surface area (Å²) in [5, 5.41) is 11.6. The first-order valence-corrected chi connectivity index (χ1v) is 7.35. The number of nitrogens with one attached hydrogen (secondary N) is 1. The van der Waals surface area contributed by atoms with E-state index in [9.17, 15) is 18.1 Å². The van der Waals surface area contributed by atoms with E-state index in [1.54, 1.807) is 10.8 Å². The molecule has 0 aromatic heterocycles. The first kappa shape index (κ1) is 19.0. The van der Waals surface area contributed by atoms with Crippen molar-refractivity contribution in [1.82, 2.24) is 4.72 Å². The SMILES string of the molecule is O=S(=O)([O-])NCC(O)COc1ccc2ccccc2c1.[K+]. The Morgan fingerprint density at radius 2 is 1.86 bits per heavy atom. The molecule has 2 N–H and O–H groups in total. The minimum Gasteiger partial charge on any atom is -0.735 e. The van der Waals surface area contributed by atoms with Gasteiger partial charge in [-0.1, -0.05) is 30.3 Å². The van der Waals surface area contributed by atoms with Gasteiger partial charge in [-0.2, -0.15) is 0 Å². The Morgan fingerprint density at radius 1 is 1.19 bits per heavy atom. The summed E-state index contributed by atoms with van der Waals surface area (Å²) in [6.07, 6.45) is -1.09. The molecule has 0 radical (unpaired) electrons. The van der Waals surface area contributed by atoms with Gasteiger partial charge in [-0.25, -0.2) is 13.1 Å². The molecule has 2 aromatic carbocycles. The molecular formula is C13H14KNO5S. The van der Waals surface area contributed by atoms with Gasteiger partial charge in [0.25, 0.3) is 0 Å². The molecule has 0 spiro atoms. The molecule has 0 amide bonds. The van der Waals surface area contributed by atoms with Crippen LogP contribution in [0.3, 0.4) is 0 Å². The molecule has 8 heteroatoms. The van der Waals surface area contributed by atoms with E-state index in [0.717, 1.165) is 10.8 Å². The van der Waals surface area contributed by atoms with E-state index in [4.69, 9.17) is 4.74 Å². The Bertz CT molecular complexity index is 692. The molecule has 6 nitrogen and oxygen atoms in total. The van der Waals surface area contributed by atoms with Gasteiger partial charge in [-0.3, -0.25) is 0 Å². The summed E-state index contributed by atoms with van der Waals surface area (Å²) in [5.41, 5.74) is 0. The average molecular weight is 335 g/mol. The van der Waals surface area contributed by atoms with E-state index in [1.165, 1.54) is 0 Å². The van der Waals surface area contributed by atoms with Crippen molar-refractivity contribution in [2.45, 2.75) is 6.10 Å². The number of hydrogen-bond donors (Lipinski definition) is 2. The van der Waals surface area contributed by atoms with E-state index in [2.05, 4.69) is 0 Å². The van der Waals surface area contributed by atoms with Crippen molar-refractivity contribution in [3.05, 3.63) is 42.5 Å². The first-order chi connectivity index (χ1) is 9.44. The molecule has 2 rings (SSSR count). The molecule has 0 aliphatic carbocycles. The second-order valence-corrected chi connectivity index (χ2v) is 5.47. The minimum atomic E-state index is -4.55. The van der Waals surface area contributed by atoms with Crippen LogP contribution in [0, 0.1) is 0 Å². The number of hydrogen-bond acceptors (Lipinski definition) is 5. The number of fused-ring (bicyclic) bond motifs is 1. The summed E-state index contributed by atoms with van der Waals surface area (Å²) in [7, 11) is -4.55. The van der Waals surface area contributed by atoms with Crippen LogP contribution in [0.1, 0.15) is 0 Å². The maximum Gasteiger partial charge on any atom is 1.00 e. The van der Waals surface area contributed by atoms with Gasteiger partial charge in [0.15, 0.2) is 10.3 Å². The largest absolute Gasteiger partial charge is 1.00 e. The van der Waals surface area contributed by atoms with Gasteiger partial charge in [0.1, 0.15) is 18.5 Å². The zero-order chi connectivity index (χ0) is 14.6. The fourth-order valence-electron chi connectivity index (χ4n) is 1.71. The van der Waals surface area contributed by atoms with Crippen molar-refractivity contribution in [2.75, 3.05) is 13.2 Å². The Balaban J connectivity index is 0.00000220. The van der Waals surface area contributed by atoms with Crippen LogP contribution in [0.15, 0.2) is 42.5 Å². The summed E-state index contributed by atoms with van der Waals surface area (Å²) in [4.78, 5) is 0. The van der Waals surface area contributed by atoms with Crippen molar-refractivity contribution in [3.8, 4) is 5.75 Å². The molecule has 2 aromatic rings. The fourth-order valence-corrected chi connectivity index (χ4v) is 2.10. The smallest absolute Gasteiger partial charge is 0.735 e. The topological polar surface area (TPSA) is 98.7 Å². The number of rotatable bonds is 6. The maximum atomic E-state index is 10.3. The molecule has 1 atom stereocenters. The molecule has 0 saturated heterocycles. The minimum absolute atomic E-state index is 0. The van der Waals surface area contributed by atoms with Gasteiger partial charge >= 0.3 is 51.4 Å². The van der Waals surface area contributed by atoms with E-state index in [-0.39, 0.29) is 64.5 Å². The predicted octanol–water partition coefficient (Wildman–Crippen LogP) is -2.37. The van der Waals surface area contributed by atoms with Crippen LogP contribution in [0.25, 0.3) is 10.8 Å². The van der Waals surface area contributed by atoms with Gasteiger partial charge in [-0.05, 0) is 22.9 Å². The quantitative estimate of drug-likeness (QED) is 0.454. The normalized spacial score (nSPS) is 12.7. The predicted molar refractivity (Wildman–Crippen MR) is 73.1 cm³/mol. The van der Waals surface area contributed by atoms with Gasteiger partial charge in [-0.15, -0.1) is 0 Å². The molecule has 21 heavy (non-hydrogen) atoms. The van der Waals surface area contributed by atoms with Crippen LogP contribution < -0.4 is 60.8 Å². The molecule has 0 aliphatic heterocycles. The first-order valence-electron chi connectivity index (χ1n) is 5.94. The van der Waals surface area contributed by atoms with E-state index in [0.29, 0.717) is 5.75 Å². The van der Waals surface area contributed by atoms with E-state index in [1.807, 2.05) is 36.4 Å². The Morgan fingerprint density at radius 3 is 2.52 bits per heavy atom. The number of ether oxygens (including phenoxy) is 1. The molecular weight excluding hydrogens is 321 g/mol. The Labute approximate surface area is 165 Å². The van der Waals surface area contributed by atoms with Crippen molar-refractivity contribution in [3.63, 3.8) is 0 Å². The monoisotopic (exact) mass is 335 g/mol. The molecule has 0 aliphatic rings. The average Bonchev–Trinajstić information content (AvgIpc) is 2.42. The second kappa shape index (κ2) is 8.56. The van der Waals surface area contributed by atoms with Gasteiger partial charge in [0.05, 0.1) is 0 Å². The third-order valence-corrected chi connectivity index (χ3v) is 3.18. The number of benzene rings is 2. The molecule has 0 heterocycles. The second-order valence-electron chi connectivity index (χ2n) is 4.28. The summed E-state index contributed by atoms with van der Waals surface area (Å²) < 4.78 is 38.0. The van der Waals surface area contributed by atoms with Crippen LogP contribution in [-0.4, -0.2) is 37.3 Å². The third-order valence-electron chi connectivity index (χ3n) is 2.66. The third kappa shape index (κ3) is 6.72. The Kier molecular flexibility index (Phi) is 7.75. The number of aliphatic hydroxyl groups excluding tert-OH is 1. The Hall–Kier alpha value is -0.0336. The van der Waals surface area contributed by atoms with Crippen molar-refractivity contribution in [2.24, 2.45) is 0 Å². The van der Waals surface area contributed by atoms with Gasteiger partial charge in [0, 0.05) is 6.54 Å². The van der Waals surface area contributed by atoms with Gasteiger partial charge in [0.2, 0.25) is 0 Å². The molecule has 0 saturated carbocycles. The van der Waals surface area contributed by atoms with E-state index >= 15 is 0 Å². The molecule has 0 fully saturated rings. The van der Waals surface area contributed by atoms with Crippen LogP contribution >= 0.6 is 0 Å². The zero-order valence-corrected chi connectivity index (χ0v) is 15.5. The van der Waals surface area contributed by atoms with Crippen LogP contribution in [0.2, 0.25) is 0 Å². The zero-order valence-electron chi connectivity index (χ0n) is 11.5. The van der Waals surface area contributed by atoms with Crippen molar-refractivity contribution >= 4 is 21.1 Å². The van der Waals surface area contributed by atoms with Crippen molar-refractivity contribution in [1.29, 1.82) is 0 Å². The summed E-state index contributed by atoms with van der Waals surface area (Å²) in [5.74, 6) is 0.563. The van der Waals surface area contributed by atoms with Crippen LogP contribution in [0.5, 0.6) is 5.75 Å². The standard InChI is InChI=1S/C13H15NO5S.K/c15-12(8-14-20(16,17)18)9-19-13-6-5-10-3-1-2-4-11(10)7-13;/h1-7,12,14-15H,8-9H2,(H,16,17,18);/q;+1/p-1. The van der Waals surface area contributed by atoms with E-state index < -0.39 is 16.4 Å². The fraction of sp³-hybridized carbons (Fsp3) is 0.231. The maximum absolute atomic E-state index is 10.3. The van der Waals surface area contributed by atoms with Gasteiger partial charge < -0.3 is 14.4 Å². The van der Waals surface area contributed by atoms with Crippen LogP contribution in [0.4, 0.5) is 0 Å². The number of aliphatic hydroxyl groups is 1. The molecule has 108 valence electrons. The molecule has 0 bridgehead atoms.